The van der Waals surface area contributed by atoms with Crippen molar-refractivity contribution in [3.05, 3.63) is 41.1 Å². The van der Waals surface area contributed by atoms with Gasteiger partial charge in [-0.15, -0.1) is 0 Å². The average molecular weight is 340 g/mol. The number of hydrogen-bond donors (Lipinski definition) is 1. The maximum atomic E-state index is 13.2. The summed E-state index contributed by atoms with van der Waals surface area (Å²) in [6.45, 7) is 4.70. The average Bonchev–Trinajstić information content (AvgIpc) is 3.13. The van der Waals surface area contributed by atoms with Crippen LogP contribution >= 0.6 is 0 Å². The Morgan fingerprint density at radius 1 is 1.32 bits per heavy atom. The van der Waals surface area contributed by atoms with Crippen molar-refractivity contribution in [2.75, 3.05) is 19.7 Å². The molecule has 1 amide bonds. The van der Waals surface area contributed by atoms with E-state index in [1.54, 1.807) is 4.90 Å². The number of hydrogen-bond acceptors (Lipinski definition) is 4. The van der Waals surface area contributed by atoms with Crippen LogP contribution in [-0.4, -0.2) is 52.2 Å². The van der Waals surface area contributed by atoms with Gasteiger partial charge in [-0.2, -0.15) is 0 Å². The van der Waals surface area contributed by atoms with E-state index in [9.17, 15) is 14.7 Å². The van der Waals surface area contributed by atoms with Gasteiger partial charge in [0.15, 0.2) is 5.60 Å². The molecule has 0 saturated carbocycles. The van der Waals surface area contributed by atoms with Crippen molar-refractivity contribution in [2.45, 2.75) is 25.9 Å². The number of aromatic nitrogens is 1. The van der Waals surface area contributed by atoms with Crippen molar-refractivity contribution in [3.63, 3.8) is 0 Å². The van der Waals surface area contributed by atoms with E-state index in [0.29, 0.717) is 30.8 Å². The molecule has 0 spiro atoms. The van der Waals surface area contributed by atoms with E-state index in [1.165, 1.54) is 0 Å². The summed E-state index contributed by atoms with van der Waals surface area (Å²) in [5.41, 5.74) is 1.73. The topological polar surface area (TPSA) is 79.7 Å². The molecule has 0 aliphatic carbocycles. The Kier molecular flexibility index (Phi) is 3.54. The first-order chi connectivity index (χ1) is 11.9. The second-order valence-corrected chi connectivity index (χ2v) is 6.93. The summed E-state index contributed by atoms with van der Waals surface area (Å²) < 4.78 is 5.56. The van der Waals surface area contributed by atoms with Gasteiger partial charge in [-0.25, -0.2) is 4.79 Å². The van der Waals surface area contributed by atoms with Gasteiger partial charge in [0.2, 0.25) is 0 Å². The number of amides is 1. The second-order valence-electron chi connectivity index (χ2n) is 6.93. The standard InChI is InChI=1S/C19H20N2O4/c1-11-14-5-3-4-6-15(14)20-12(2)16(11)17(22)21-9-13-7-8-25-19(13,10-21)18(23)24/h3-6,13H,7-10H2,1-2H3,(H,23,24)/t13-,19+/m0/s1. The summed E-state index contributed by atoms with van der Waals surface area (Å²) in [5.74, 6) is -1.29. The number of nitrogens with zero attached hydrogens (tertiary/aromatic N) is 2. The van der Waals surface area contributed by atoms with Crippen LogP contribution in [0.1, 0.15) is 28.0 Å². The number of para-hydroxylation sites is 1. The quantitative estimate of drug-likeness (QED) is 0.906. The van der Waals surface area contributed by atoms with E-state index in [0.717, 1.165) is 16.5 Å². The van der Waals surface area contributed by atoms with E-state index < -0.39 is 11.6 Å². The second kappa shape index (κ2) is 5.52. The molecular weight excluding hydrogens is 320 g/mol. The molecule has 0 bridgehead atoms. The third kappa shape index (κ3) is 2.24. The molecule has 2 aromatic rings. The van der Waals surface area contributed by atoms with Crippen LogP contribution in [0.5, 0.6) is 0 Å². The molecule has 1 aromatic carbocycles. The number of aliphatic carboxylic acids is 1. The summed E-state index contributed by atoms with van der Waals surface area (Å²) in [6.07, 6.45) is 0.671. The molecule has 25 heavy (non-hydrogen) atoms. The molecule has 2 fully saturated rings. The minimum atomic E-state index is -1.25. The lowest BCUT2D eigenvalue weighted by molar-refractivity contribution is -0.160. The highest BCUT2D eigenvalue weighted by molar-refractivity contribution is 6.02. The van der Waals surface area contributed by atoms with Gasteiger partial charge >= 0.3 is 5.97 Å². The predicted molar refractivity (Wildman–Crippen MR) is 91.5 cm³/mol. The maximum Gasteiger partial charge on any atom is 0.338 e. The highest BCUT2D eigenvalue weighted by Gasteiger charge is 2.57. The highest BCUT2D eigenvalue weighted by atomic mass is 16.5. The number of carbonyl (C=O) groups is 2. The minimum Gasteiger partial charge on any atom is -0.479 e. The maximum absolute atomic E-state index is 13.2. The van der Waals surface area contributed by atoms with E-state index >= 15 is 0 Å². The number of carboxylic acid groups (broad SMARTS) is 1. The number of aryl methyl sites for hydroxylation is 2. The van der Waals surface area contributed by atoms with Gasteiger partial charge in [0.05, 0.1) is 23.3 Å². The lowest BCUT2D eigenvalue weighted by Gasteiger charge is -2.24. The van der Waals surface area contributed by atoms with Crippen LogP contribution in [0.2, 0.25) is 0 Å². The van der Waals surface area contributed by atoms with Gasteiger partial charge in [0.25, 0.3) is 5.91 Å². The summed E-state index contributed by atoms with van der Waals surface area (Å²) in [7, 11) is 0. The summed E-state index contributed by atoms with van der Waals surface area (Å²) in [5, 5.41) is 10.6. The van der Waals surface area contributed by atoms with E-state index in [2.05, 4.69) is 4.98 Å². The largest absolute Gasteiger partial charge is 0.479 e. The third-order valence-corrected chi connectivity index (χ3v) is 5.55. The van der Waals surface area contributed by atoms with Crippen LogP contribution < -0.4 is 0 Å². The van der Waals surface area contributed by atoms with Crippen molar-refractivity contribution in [1.82, 2.24) is 9.88 Å². The number of likely N-dealkylation sites (tertiary alicyclic amines) is 1. The number of carbonyl (C=O) groups excluding carboxylic acids is 1. The summed E-state index contributed by atoms with van der Waals surface area (Å²) in [4.78, 5) is 31.1. The normalized spacial score (nSPS) is 25.4. The van der Waals surface area contributed by atoms with Crippen molar-refractivity contribution < 1.29 is 19.4 Å². The molecule has 6 nitrogen and oxygen atoms in total. The fraction of sp³-hybridized carbons (Fsp3) is 0.421. The third-order valence-electron chi connectivity index (χ3n) is 5.55. The number of ether oxygens (including phenoxy) is 1. The molecule has 2 aliphatic rings. The molecule has 2 atom stereocenters. The van der Waals surface area contributed by atoms with Gasteiger partial charge in [-0.3, -0.25) is 9.78 Å². The zero-order valence-electron chi connectivity index (χ0n) is 14.3. The Morgan fingerprint density at radius 3 is 2.80 bits per heavy atom. The molecule has 2 saturated heterocycles. The molecule has 1 N–H and O–H groups in total. The van der Waals surface area contributed by atoms with Gasteiger partial charge in [0.1, 0.15) is 0 Å². The van der Waals surface area contributed by atoms with Crippen molar-refractivity contribution in [3.8, 4) is 0 Å². The number of pyridine rings is 1. The first-order valence-corrected chi connectivity index (χ1v) is 8.46. The van der Waals surface area contributed by atoms with E-state index in [-0.39, 0.29) is 18.4 Å². The SMILES string of the molecule is Cc1nc2ccccc2c(C)c1C(=O)N1C[C@@H]2CCO[C@]2(C(=O)O)C1. The Labute approximate surface area is 145 Å². The van der Waals surface area contributed by atoms with Crippen LogP contribution in [0, 0.1) is 19.8 Å². The predicted octanol–water partition coefficient (Wildman–Crippen LogP) is 2.17. The number of rotatable bonds is 2. The van der Waals surface area contributed by atoms with Gasteiger partial charge in [0, 0.05) is 24.5 Å². The number of fused-ring (bicyclic) bond motifs is 2. The Bertz CT molecular complexity index is 894. The molecular formula is C19H20N2O4. The fourth-order valence-electron chi connectivity index (χ4n) is 4.22. The van der Waals surface area contributed by atoms with Crippen LogP contribution in [0.25, 0.3) is 10.9 Å². The lowest BCUT2D eigenvalue weighted by Crippen LogP contribution is -2.45. The van der Waals surface area contributed by atoms with E-state index in [4.69, 9.17) is 4.74 Å². The fourth-order valence-corrected chi connectivity index (χ4v) is 4.22. The van der Waals surface area contributed by atoms with Crippen molar-refractivity contribution in [1.29, 1.82) is 0 Å². The smallest absolute Gasteiger partial charge is 0.338 e. The first-order valence-electron chi connectivity index (χ1n) is 8.46. The van der Waals surface area contributed by atoms with Gasteiger partial charge < -0.3 is 14.7 Å². The Hall–Kier alpha value is -2.47. The lowest BCUT2D eigenvalue weighted by atomic mass is 9.91. The Balaban J connectivity index is 1.73. The molecule has 4 rings (SSSR count). The minimum absolute atomic E-state index is 0.0948. The zero-order chi connectivity index (χ0) is 17.8. The highest BCUT2D eigenvalue weighted by Crippen LogP contribution is 2.40. The van der Waals surface area contributed by atoms with Gasteiger partial charge in [-0.05, 0) is 31.9 Å². The summed E-state index contributed by atoms with van der Waals surface area (Å²) in [6, 6.07) is 7.73. The zero-order valence-corrected chi connectivity index (χ0v) is 14.3. The monoisotopic (exact) mass is 340 g/mol. The van der Waals surface area contributed by atoms with Gasteiger partial charge in [-0.1, -0.05) is 18.2 Å². The molecule has 0 radical (unpaired) electrons. The van der Waals surface area contributed by atoms with Crippen molar-refractivity contribution in [2.24, 2.45) is 5.92 Å². The van der Waals surface area contributed by atoms with Crippen LogP contribution in [0.15, 0.2) is 24.3 Å². The van der Waals surface area contributed by atoms with Crippen LogP contribution in [0.4, 0.5) is 0 Å². The van der Waals surface area contributed by atoms with Crippen LogP contribution in [-0.2, 0) is 9.53 Å². The Morgan fingerprint density at radius 2 is 2.08 bits per heavy atom. The molecule has 1 aromatic heterocycles. The number of benzene rings is 1. The molecule has 0 unspecified atom stereocenters. The van der Waals surface area contributed by atoms with Crippen LogP contribution in [0.3, 0.4) is 0 Å². The molecule has 130 valence electrons. The van der Waals surface area contributed by atoms with E-state index in [1.807, 2.05) is 38.1 Å². The number of carboxylic acids is 1. The van der Waals surface area contributed by atoms with Crippen molar-refractivity contribution >= 4 is 22.8 Å². The molecule has 2 aliphatic heterocycles. The molecule has 3 heterocycles. The molecule has 6 heteroatoms. The first kappa shape index (κ1) is 16.0. The summed E-state index contributed by atoms with van der Waals surface area (Å²) >= 11 is 0.